The van der Waals surface area contributed by atoms with E-state index in [2.05, 4.69) is 15.1 Å². The fourth-order valence-electron chi connectivity index (χ4n) is 3.60. The number of carbonyl (C=O) groups excluding carboxylic acids is 1. The molecule has 4 rings (SSSR count). The molecular formula is C24H22Cl2N4O. The summed E-state index contributed by atoms with van der Waals surface area (Å²) in [5.74, 6) is -0.154. The Kier molecular flexibility index (Phi) is 6.16. The van der Waals surface area contributed by atoms with E-state index in [0.29, 0.717) is 23.0 Å². The number of aromatic nitrogens is 1. The van der Waals surface area contributed by atoms with Crippen LogP contribution in [0.5, 0.6) is 0 Å². The molecule has 5 nitrogen and oxygen atoms in total. The van der Waals surface area contributed by atoms with Gasteiger partial charge in [0, 0.05) is 64.6 Å². The van der Waals surface area contributed by atoms with E-state index in [9.17, 15) is 4.79 Å². The van der Waals surface area contributed by atoms with Crippen LogP contribution in [0.15, 0.2) is 65.8 Å². The molecule has 0 saturated heterocycles. The lowest BCUT2D eigenvalue weighted by Crippen LogP contribution is -2.19. The highest BCUT2D eigenvalue weighted by molar-refractivity contribution is 6.33. The van der Waals surface area contributed by atoms with Crippen LogP contribution in [-0.2, 0) is 11.3 Å². The van der Waals surface area contributed by atoms with Crippen molar-refractivity contribution < 1.29 is 4.79 Å². The van der Waals surface area contributed by atoms with Crippen molar-refractivity contribution in [1.29, 1.82) is 0 Å². The standard InChI is InChI=1S/C24H22Cl2N4O/c1-29(2)19-7-3-16(4-8-19)15-27-28-24(31)11-12-30-22-9-5-17(25)13-20(22)21-14-18(26)6-10-23(21)30/h3-10,13-15H,11-12H2,1-2H3,(H,28,31)/b27-15-. The number of rotatable bonds is 6. The lowest BCUT2D eigenvalue weighted by molar-refractivity contribution is -0.121. The van der Waals surface area contributed by atoms with Crippen LogP contribution in [0.2, 0.25) is 10.0 Å². The first-order valence-corrected chi connectivity index (χ1v) is 10.6. The SMILES string of the molecule is CN(C)c1ccc(/C=N\NC(=O)CCn2c3ccc(Cl)cc3c3cc(Cl)ccc32)cc1. The summed E-state index contributed by atoms with van der Waals surface area (Å²) in [5.41, 5.74) is 6.66. The summed E-state index contributed by atoms with van der Waals surface area (Å²) in [6.45, 7) is 0.516. The number of hydrogen-bond donors (Lipinski definition) is 1. The topological polar surface area (TPSA) is 49.6 Å². The zero-order valence-corrected chi connectivity index (χ0v) is 18.8. The van der Waals surface area contributed by atoms with Gasteiger partial charge in [-0.1, -0.05) is 35.3 Å². The maximum atomic E-state index is 12.4. The van der Waals surface area contributed by atoms with Gasteiger partial charge in [0.1, 0.15) is 0 Å². The highest BCUT2D eigenvalue weighted by Crippen LogP contribution is 2.33. The molecule has 1 heterocycles. The van der Waals surface area contributed by atoms with Gasteiger partial charge in [-0.3, -0.25) is 4.79 Å². The molecule has 0 unspecified atom stereocenters. The maximum absolute atomic E-state index is 12.4. The van der Waals surface area contributed by atoms with E-state index in [1.165, 1.54) is 0 Å². The van der Waals surface area contributed by atoms with E-state index in [1.807, 2.05) is 79.7 Å². The van der Waals surface area contributed by atoms with Gasteiger partial charge in [-0.2, -0.15) is 5.10 Å². The van der Waals surface area contributed by atoms with Crippen molar-refractivity contribution in [2.24, 2.45) is 5.10 Å². The number of halogens is 2. The van der Waals surface area contributed by atoms with Gasteiger partial charge in [0.2, 0.25) is 5.91 Å². The third-order valence-electron chi connectivity index (χ3n) is 5.16. The van der Waals surface area contributed by atoms with Gasteiger partial charge in [0.25, 0.3) is 0 Å². The number of nitrogens with one attached hydrogen (secondary N) is 1. The maximum Gasteiger partial charge on any atom is 0.241 e. The smallest absolute Gasteiger partial charge is 0.241 e. The lowest BCUT2D eigenvalue weighted by atomic mass is 10.1. The highest BCUT2D eigenvalue weighted by Gasteiger charge is 2.12. The molecule has 0 saturated carbocycles. The Morgan fingerprint density at radius 1 is 0.968 bits per heavy atom. The van der Waals surface area contributed by atoms with Gasteiger partial charge in [-0.25, -0.2) is 5.43 Å². The van der Waals surface area contributed by atoms with Crippen LogP contribution in [0.25, 0.3) is 21.8 Å². The summed E-state index contributed by atoms with van der Waals surface area (Å²) in [6.07, 6.45) is 1.93. The molecular weight excluding hydrogens is 431 g/mol. The van der Waals surface area contributed by atoms with E-state index in [1.54, 1.807) is 6.21 Å². The highest BCUT2D eigenvalue weighted by atomic mass is 35.5. The normalized spacial score (nSPS) is 11.5. The molecule has 1 N–H and O–H groups in total. The third kappa shape index (κ3) is 4.68. The minimum atomic E-state index is -0.154. The van der Waals surface area contributed by atoms with Gasteiger partial charge in [0.15, 0.2) is 0 Å². The first kappa shape index (κ1) is 21.2. The zero-order chi connectivity index (χ0) is 22.0. The summed E-state index contributed by atoms with van der Waals surface area (Å²) in [4.78, 5) is 14.4. The number of fused-ring (bicyclic) bond motifs is 3. The second kappa shape index (κ2) is 9.00. The molecule has 1 amide bonds. The number of aryl methyl sites for hydroxylation is 1. The van der Waals surface area contributed by atoms with Crippen LogP contribution < -0.4 is 10.3 Å². The minimum absolute atomic E-state index is 0.154. The number of carbonyl (C=O) groups is 1. The average molecular weight is 453 g/mol. The minimum Gasteiger partial charge on any atom is -0.378 e. The van der Waals surface area contributed by atoms with Crippen LogP contribution in [-0.4, -0.2) is 30.8 Å². The molecule has 0 spiro atoms. The Labute approximate surface area is 190 Å². The molecule has 0 bridgehead atoms. The molecule has 0 aliphatic rings. The van der Waals surface area contributed by atoms with Crippen LogP contribution in [0.4, 0.5) is 5.69 Å². The zero-order valence-electron chi connectivity index (χ0n) is 17.3. The fraction of sp³-hybridized carbons (Fsp3) is 0.167. The second-order valence-electron chi connectivity index (χ2n) is 7.50. The van der Waals surface area contributed by atoms with Crippen LogP contribution in [0.1, 0.15) is 12.0 Å². The number of amides is 1. The van der Waals surface area contributed by atoms with E-state index in [-0.39, 0.29) is 5.91 Å². The predicted molar refractivity (Wildman–Crippen MR) is 131 cm³/mol. The monoisotopic (exact) mass is 452 g/mol. The number of hydrazone groups is 1. The number of hydrogen-bond acceptors (Lipinski definition) is 3. The molecule has 158 valence electrons. The van der Waals surface area contributed by atoms with Crippen LogP contribution >= 0.6 is 23.2 Å². The largest absolute Gasteiger partial charge is 0.378 e. The molecule has 0 fully saturated rings. The summed E-state index contributed by atoms with van der Waals surface area (Å²) < 4.78 is 2.11. The predicted octanol–water partition coefficient (Wildman–Crippen LogP) is 5.71. The third-order valence-corrected chi connectivity index (χ3v) is 5.63. The van der Waals surface area contributed by atoms with Crippen LogP contribution in [0.3, 0.4) is 0 Å². The number of anilines is 1. The molecule has 31 heavy (non-hydrogen) atoms. The van der Waals surface area contributed by atoms with Crippen molar-refractivity contribution >= 4 is 62.8 Å². The molecule has 1 aromatic heterocycles. The average Bonchev–Trinajstić information content (AvgIpc) is 3.04. The van der Waals surface area contributed by atoms with Crippen molar-refractivity contribution in [2.75, 3.05) is 19.0 Å². The van der Waals surface area contributed by atoms with Crippen molar-refractivity contribution in [3.63, 3.8) is 0 Å². The van der Waals surface area contributed by atoms with Gasteiger partial charge in [-0.15, -0.1) is 0 Å². The van der Waals surface area contributed by atoms with Crippen molar-refractivity contribution in [2.45, 2.75) is 13.0 Å². The number of benzene rings is 3. The fourth-order valence-corrected chi connectivity index (χ4v) is 3.94. The first-order chi connectivity index (χ1) is 14.9. The van der Waals surface area contributed by atoms with Crippen LogP contribution in [0, 0.1) is 0 Å². The van der Waals surface area contributed by atoms with Gasteiger partial charge in [0.05, 0.1) is 6.21 Å². The molecule has 4 aromatic rings. The van der Waals surface area contributed by atoms with Gasteiger partial charge in [-0.05, 0) is 54.1 Å². The Balaban J connectivity index is 1.46. The van der Waals surface area contributed by atoms with E-state index in [0.717, 1.165) is 33.1 Å². The molecule has 0 aliphatic heterocycles. The van der Waals surface area contributed by atoms with E-state index < -0.39 is 0 Å². The molecule has 3 aromatic carbocycles. The van der Waals surface area contributed by atoms with Crippen molar-refractivity contribution in [3.05, 3.63) is 76.3 Å². The van der Waals surface area contributed by atoms with Crippen molar-refractivity contribution in [1.82, 2.24) is 9.99 Å². The Hall–Kier alpha value is -3.02. The molecule has 0 radical (unpaired) electrons. The van der Waals surface area contributed by atoms with Gasteiger partial charge >= 0.3 is 0 Å². The Bertz CT molecular complexity index is 1220. The summed E-state index contributed by atoms with van der Waals surface area (Å²) in [7, 11) is 3.98. The van der Waals surface area contributed by atoms with E-state index >= 15 is 0 Å². The Morgan fingerprint density at radius 2 is 1.55 bits per heavy atom. The summed E-state index contributed by atoms with van der Waals surface area (Å²) >= 11 is 12.4. The number of nitrogens with zero attached hydrogens (tertiary/aromatic N) is 3. The summed E-state index contributed by atoms with van der Waals surface area (Å²) in [6, 6.07) is 19.4. The molecule has 0 aliphatic carbocycles. The molecule has 7 heteroatoms. The second-order valence-corrected chi connectivity index (χ2v) is 8.38. The van der Waals surface area contributed by atoms with Gasteiger partial charge < -0.3 is 9.47 Å². The van der Waals surface area contributed by atoms with E-state index in [4.69, 9.17) is 23.2 Å². The first-order valence-electron chi connectivity index (χ1n) is 9.89. The lowest BCUT2D eigenvalue weighted by Gasteiger charge is -2.11. The quantitative estimate of drug-likeness (QED) is 0.301. The summed E-state index contributed by atoms with van der Waals surface area (Å²) in [5, 5.41) is 7.45. The van der Waals surface area contributed by atoms with Crippen molar-refractivity contribution in [3.8, 4) is 0 Å². The Morgan fingerprint density at radius 3 is 2.10 bits per heavy atom. The molecule has 0 atom stereocenters.